The minimum Gasteiger partial charge on any atom is -0.377 e. The topological polar surface area (TPSA) is 54.5 Å². The van der Waals surface area contributed by atoms with Crippen molar-refractivity contribution >= 4 is 11.6 Å². The molecule has 92 valence electrons. The van der Waals surface area contributed by atoms with E-state index < -0.39 is 0 Å². The standard InChI is InChI=1S/C12H17N3O2/c1-9-7-17-8-11(13-2)12(16)15(9)10-3-5-14-6-4-10/h3-6,9,11,13H,7-8H2,1-2H3. The van der Waals surface area contributed by atoms with Gasteiger partial charge >= 0.3 is 0 Å². The second-order valence-electron chi connectivity index (χ2n) is 4.14. The number of rotatable bonds is 2. The van der Waals surface area contributed by atoms with E-state index in [9.17, 15) is 4.79 Å². The molecule has 17 heavy (non-hydrogen) atoms. The lowest BCUT2D eigenvalue weighted by atomic mass is 10.2. The minimum absolute atomic E-state index is 0.0308. The van der Waals surface area contributed by atoms with Crippen LogP contribution in [0.3, 0.4) is 0 Å². The van der Waals surface area contributed by atoms with Gasteiger partial charge in [-0.2, -0.15) is 0 Å². The third kappa shape index (κ3) is 2.45. The molecule has 1 aliphatic heterocycles. The van der Waals surface area contributed by atoms with Crippen LogP contribution < -0.4 is 10.2 Å². The average Bonchev–Trinajstić information content (AvgIpc) is 2.49. The van der Waals surface area contributed by atoms with Crippen LogP contribution in [0.15, 0.2) is 24.5 Å². The second kappa shape index (κ2) is 5.25. The largest absolute Gasteiger partial charge is 0.377 e. The Morgan fingerprint density at radius 3 is 2.76 bits per heavy atom. The molecule has 1 aromatic heterocycles. The molecule has 0 spiro atoms. The van der Waals surface area contributed by atoms with E-state index in [1.165, 1.54) is 0 Å². The van der Waals surface area contributed by atoms with E-state index in [1.54, 1.807) is 24.3 Å². The number of amides is 1. The zero-order valence-electron chi connectivity index (χ0n) is 10.1. The molecule has 2 rings (SSSR count). The number of carbonyl (C=O) groups excluding carboxylic acids is 1. The zero-order chi connectivity index (χ0) is 12.3. The Morgan fingerprint density at radius 1 is 1.41 bits per heavy atom. The van der Waals surface area contributed by atoms with Gasteiger partial charge in [-0.15, -0.1) is 0 Å². The molecule has 1 fully saturated rings. The first kappa shape index (κ1) is 12.0. The summed E-state index contributed by atoms with van der Waals surface area (Å²) in [7, 11) is 1.77. The lowest BCUT2D eigenvalue weighted by molar-refractivity contribution is -0.120. The van der Waals surface area contributed by atoms with Gasteiger partial charge in [0.05, 0.1) is 19.3 Å². The van der Waals surface area contributed by atoms with Gasteiger partial charge in [0, 0.05) is 18.1 Å². The highest BCUT2D eigenvalue weighted by Crippen LogP contribution is 2.19. The SMILES string of the molecule is CNC1COCC(C)N(c2ccncc2)C1=O. The molecule has 5 heteroatoms. The molecule has 1 N–H and O–H groups in total. The molecule has 5 nitrogen and oxygen atoms in total. The summed E-state index contributed by atoms with van der Waals surface area (Å²) in [5.41, 5.74) is 0.864. The van der Waals surface area contributed by atoms with Crippen molar-refractivity contribution in [3.63, 3.8) is 0 Å². The molecule has 0 aliphatic carbocycles. The zero-order valence-corrected chi connectivity index (χ0v) is 10.1. The number of pyridine rings is 1. The number of ether oxygens (including phenoxy) is 1. The molecule has 1 aromatic rings. The maximum atomic E-state index is 12.4. The predicted molar refractivity (Wildman–Crippen MR) is 64.9 cm³/mol. The first-order chi connectivity index (χ1) is 8.24. The normalized spacial score (nSPS) is 25.8. The van der Waals surface area contributed by atoms with Crippen LogP contribution in [0.5, 0.6) is 0 Å². The van der Waals surface area contributed by atoms with Crippen LogP contribution >= 0.6 is 0 Å². The lowest BCUT2D eigenvalue weighted by Gasteiger charge is -2.28. The highest BCUT2D eigenvalue weighted by molar-refractivity contribution is 5.98. The number of anilines is 1. The van der Waals surface area contributed by atoms with Crippen molar-refractivity contribution in [3.05, 3.63) is 24.5 Å². The van der Waals surface area contributed by atoms with Gasteiger partial charge in [0.15, 0.2) is 0 Å². The van der Waals surface area contributed by atoms with Crippen LogP contribution in [-0.2, 0) is 9.53 Å². The quantitative estimate of drug-likeness (QED) is 0.807. The van der Waals surface area contributed by atoms with E-state index in [-0.39, 0.29) is 18.0 Å². The van der Waals surface area contributed by atoms with Crippen molar-refractivity contribution in [3.8, 4) is 0 Å². The highest BCUT2D eigenvalue weighted by atomic mass is 16.5. The first-order valence-electron chi connectivity index (χ1n) is 5.72. The highest BCUT2D eigenvalue weighted by Gasteiger charge is 2.31. The van der Waals surface area contributed by atoms with Gasteiger partial charge in [-0.3, -0.25) is 9.78 Å². The summed E-state index contributed by atoms with van der Waals surface area (Å²) in [4.78, 5) is 18.1. The number of hydrogen-bond donors (Lipinski definition) is 1. The van der Waals surface area contributed by atoms with Crippen molar-refractivity contribution in [2.45, 2.75) is 19.0 Å². The number of nitrogens with zero attached hydrogens (tertiary/aromatic N) is 2. The number of aromatic nitrogens is 1. The van der Waals surface area contributed by atoms with E-state index >= 15 is 0 Å². The number of hydrogen-bond acceptors (Lipinski definition) is 4. The molecule has 1 saturated heterocycles. The van der Waals surface area contributed by atoms with Gasteiger partial charge in [0.1, 0.15) is 6.04 Å². The Kier molecular flexibility index (Phi) is 3.71. The van der Waals surface area contributed by atoms with Crippen LogP contribution in [0.4, 0.5) is 5.69 Å². The van der Waals surface area contributed by atoms with Crippen molar-refractivity contribution in [2.24, 2.45) is 0 Å². The van der Waals surface area contributed by atoms with Crippen LogP contribution in [-0.4, -0.2) is 43.2 Å². The molecule has 2 heterocycles. The number of nitrogens with one attached hydrogen (secondary N) is 1. The third-order valence-corrected chi connectivity index (χ3v) is 2.91. The minimum atomic E-state index is -0.284. The number of likely N-dealkylation sites (N-methyl/N-ethyl adjacent to an activating group) is 1. The van der Waals surface area contributed by atoms with E-state index in [0.29, 0.717) is 13.2 Å². The Hall–Kier alpha value is -1.46. The van der Waals surface area contributed by atoms with Crippen molar-refractivity contribution < 1.29 is 9.53 Å². The van der Waals surface area contributed by atoms with Crippen LogP contribution in [0.2, 0.25) is 0 Å². The van der Waals surface area contributed by atoms with Gasteiger partial charge in [-0.25, -0.2) is 0 Å². The van der Waals surface area contributed by atoms with Gasteiger partial charge in [0.2, 0.25) is 5.91 Å². The first-order valence-corrected chi connectivity index (χ1v) is 5.72. The molecule has 2 unspecified atom stereocenters. The molecule has 0 bridgehead atoms. The van der Waals surface area contributed by atoms with E-state index in [0.717, 1.165) is 5.69 Å². The van der Waals surface area contributed by atoms with Crippen LogP contribution in [0.1, 0.15) is 6.92 Å². The summed E-state index contributed by atoms with van der Waals surface area (Å²) in [6.45, 7) is 2.95. The van der Waals surface area contributed by atoms with Gasteiger partial charge in [0.25, 0.3) is 0 Å². The molecule has 0 saturated carbocycles. The molecular weight excluding hydrogens is 218 g/mol. The summed E-state index contributed by atoms with van der Waals surface area (Å²) in [6, 6.07) is 3.43. The van der Waals surface area contributed by atoms with Crippen LogP contribution in [0.25, 0.3) is 0 Å². The van der Waals surface area contributed by atoms with Crippen molar-refractivity contribution in [1.82, 2.24) is 10.3 Å². The summed E-state index contributed by atoms with van der Waals surface area (Å²) >= 11 is 0. The van der Waals surface area contributed by atoms with Gasteiger partial charge in [-0.1, -0.05) is 0 Å². The Bertz CT molecular complexity index is 383. The van der Waals surface area contributed by atoms with E-state index in [1.807, 2.05) is 19.1 Å². The molecular formula is C12H17N3O2. The lowest BCUT2D eigenvalue weighted by Crippen LogP contribution is -2.48. The average molecular weight is 235 g/mol. The molecule has 1 aliphatic rings. The smallest absolute Gasteiger partial charge is 0.246 e. The third-order valence-electron chi connectivity index (χ3n) is 2.91. The summed E-state index contributed by atoms with van der Waals surface area (Å²) in [5, 5.41) is 2.98. The Morgan fingerprint density at radius 2 is 2.12 bits per heavy atom. The fourth-order valence-corrected chi connectivity index (χ4v) is 1.98. The summed E-state index contributed by atoms with van der Waals surface area (Å²) < 4.78 is 5.49. The molecule has 1 amide bonds. The Labute approximate surface area is 101 Å². The van der Waals surface area contributed by atoms with E-state index in [2.05, 4.69) is 10.3 Å². The fourth-order valence-electron chi connectivity index (χ4n) is 1.98. The molecule has 0 aromatic carbocycles. The van der Waals surface area contributed by atoms with Gasteiger partial charge < -0.3 is 15.0 Å². The maximum absolute atomic E-state index is 12.4. The summed E-state index contributed by atoms with van der Waals surface area (Å²) in [6.07, 6.45) is 3.38. The van der Waals surface area contributed by atoms with Crippen molar-refractivity contribution in [2.75, 3.05) is 25.2 Å². The van der Waals surface area contributed by atoms with Crippen LogP contribution in [0, 0.1) is 0 Å². The van der Waals surface area contributed by atoms with E-state index in [4.69, 9.17) is 4.74 Å². The molecule has 2 atom stereocenters. The fraction of sp³-hybridized carbons (Fsp3) is 0.500. The maximum Gasteiger partial charge on any atom is 0.246 e. The van der Waals surface area contributed by atoms with Gasteiger partial charge in [-0.05, 0) is 26.1 Å². The molecule has 0 radical (unpaired) electrons. The monoisotopic (exact) mass is 235 g/mol. The Balaban J connectivity index is 2.31. The predicted octanol–water partition coefficient (Wildman–Crippen LogP) is 0.421. The second-order valence-corrected chi connectivity index (χ2v) is 4.14. The van der Waals surface area contributed by atoms with Crippen molar-refractivity contribution in [1.29, 1.82) is 0 Å². The number of carbonyl (C=O) groups is 1. The summed E-state index contributed by atoms with van der Waals surface area (Å²) in [5.74, 6) is 0.0451.